The zero-order chi connectivity index (χ0) is 24.5. The Bertz CT molecular complexity index is 1350. The SMILES string of the molecule is CC(Oc1c(N)ncc2c(-c3ccc(CN4CCOCC4)cc3)coc12)c1c(Cl)ccc(F)c1Cl. The molecular formula is C26H24Cl2FN3O3. The first-order valence-electron chi connectivity index (χ1n) is 11.3. The van der Waals surface area contributed by atoms with Crippen molar-refractivity contribution in [2.75, 3.05) is 32.0 Å². The first kappa shape index (κ1) is 23.9. The lowest BCUT2D eigenvalue weighted by molar-refractivity contribution is 0.0342. The molecule has 0 spiro atoms. The highest BCUT2D eigenvalue weighted by atomic mass is 35.5. The largest absolute Gasteiger partial charge is 0.478 e. The van der Waals surface area contributed by atoms with Crippen molar-refractivity contribution in [3.05, 3.63) is 75.8 Å². The Morgan fingerprint density at radius 1 is 1.14 bits per heavy atom. The number of furan rings is 1. The van der Waals surface area contributed by atoms with Crippen LogP contribution in [-0.4, -0.2) is 36.2 Å². The fraction of sp³-hybridized carbons (Fsp3) is 0.269. The number of nitrogens with zero attached hydrogens (tertiary/aromatic N) is 2. The number of halogens is 3. The third-order valence-corrected chi connectivity index (χ3v) is 6.87. The van der Waals surface area contributed by atoms with Gasteiger partial charge < -0.3 is 19.6 Å². The van der Waals surface area contributed by atoms with Gasteiger partial charge in [-0.2, -0.15) is 0 Å². The Morgan fingerprint density at radius 3 is 2.63 bits per heavy atom. The van der Waals surface area contributed by atoms with Gasteiger partial charge in [0.2, 0.25) is 5.75 Å². The summed E-state index contributed by atoms with van der Waals surface area (Å²) in [6.07, 6.45) is 2.61. The summed E-state index contributed by atoms with van der Waals surface area (Å²) in [7, 11) is 0. The van der Waals surface area contributed by atoms with Crippen molar-refractivity contribution in [2.24, 2.45) is 0 Å². The van der Waals surface area contributed by atoms with Crippen LogP contribution >= 0.6 is 23.2 Å². The maximum absolute atomic E-state index is 14.0. The van der Waals surface area contributed by atoms with Crippen LogP contribution in [0.1, 0.15) is 24.2 Å². The molecular weight excluding hydrogens is 492 g/mol. The minimum Gasteiger partial charge on any atom is -0.478 e. The number of fused-ring (bicyclic) bond motifs is 1. The van der Waals surface area contributed by atoms with Crippen molar-refractivity contribution in [3.8, 4) is 16.9 Å². The number of hydrogen-bond acceptors (Lipinski definition) is 6. The third kappa shape index (κ3) is 4.82. The van der Waals surface area contributed by atoms with Gasteiger partial charge in [0.1, 0.15) is 11.9 Å². The van der Waals surface area contributed by atoms with Crippen LogP contribution < -0.4 is 10.5 Å². The molecule has 35 heavy (non-hydrogen) atoms. The lowest BCUT2D eigenvalue weighted by atomic mass is 10.0. The number of rotatable bonds is 6. The van der Waals surface area contributed by atoms with Crippen LogP contribution in [0.3, 0.4) is 0 Å². The predicted molar refractivity (Wildman–Crippen MR) is 135 cm³/mol. The molecule has 0 bridgehead atoms. The van der Waals surface area contributed by atoms with E-state index in [0.29, 0.717) is 16.2 Å². The molecule has 5 rings (SSSR count). The van der Waals surface area contributed by atoms with Crippen LogP contribution in [0.5, 0.6) is 5.75 Å². The van der Waals surface area contributed by atoms with Gasteiger partial charge in [-0.25, -0.2) is 9.37 Å². The summed E-state index contributed by atoms with van der Waals surface area (Å²) < 4.78 is 31.4. The number of pyridine rings is 1. The van der Waals surface area contributed by atoms with Gasteiger partial charge in [0.05, 0.1) is 29.9 Å². The number of ether oxygens (including phenoxy) is 2. The topological polar surface area (TPSA) is 73.8 Å². The van der Waals surface area contributed by atoms with Gasteiger partial charge in [-0.15, -0.1) is 0 Å². The van der Waals surface area contributed by atoms with Crippen molar-refractivity contribution < 1.29 is 18.3 Å². The molecule has 1 unspecified atom stereocenters. The molecule has 2 aromatic carbocycles. The molecule has 9 heteroatoms. The van der Waals surface area contributed by atoms with Crippen LogP contribution in [0, 0.1) is 5.82 Å². The summed E-state index contributed by atoms with van der Waals surface area (Å²) in [5.41, 5.74) is 9.97. The Hall–Kier alpha value is -2.84. The Labute approximate surface area is 212 Å². The summed E-state index contributed by atoms with van der Waals surface area (Å²) in [6, 6.07) is 11.0. The Kier molecular flexibility index (Phi) is 6.84. The number of anilines is 1. The van der Waals surface area contributed by atoms with E-state index < -0.39 is 11.9 Å². The number of aromatic nitrogens is 1. The minimum absolute atomic E-state index is 0.0963. The van der Waals surface area contributed by atoms with Crippen LogP contribution in [0.2, 0.25) is 10.0 Å². The molecule has 2 N–H and O–H groups in total. The molecule has 182 valence electrons. The molecule has 0 amide bonds. The van der Waals surface area contributed by atoms with E-state index in [1.807, 2.05) is 0 Å². The molecule has 0 radical (unpaired) electrons. The fourth-order valence-electron chi connectivity index (χ4n) is 4.28. The molecule has 1 fully saturated rings. The molecule has 1 aliphatic heterocycles. The number of nitrogen functional groups attached to an aromatic ring is 1. The first-order chi connectivity index (χ1) is 16.9. The van der Waals surface area contributed by atoms with E-state index >= 15 is 0 Å². The standard InChI is InChI=1S/C26H24Cl2FN3O3/c1-15(22-20(27)6-7-21(29)23(22)28)35-25-24-18(12-31-26(25)30)19(14-34-24)17-4-2-16(3-5-17)13-32-8-10-33-11-9-32/h2-7,12,14-15H,8-11,13H2,1H3,(H2,30,31). The molecule has 2 aromatic heterocycles. The number of nitrogens with two attached hydrogens (primary N) is 1. The molecule has 6 nitrogen and oxygen atoms in total. The number of morpholine rings is 1. The van der Waals surface area contributed by atoms with E-state index in [1.54, 1.807) is 19.4 Å². The third-order valence-electron chi connectivity index (χ3n) is 6.16. The second-order valence-electron chi connectivity index (χ2n) is 8.47. The van der Waals surface area contributed by atoms with Crippen LogP contribution in [0.25, 0.3) is 22.1 Å². The van der Waals surface area contributed by atoms with Gasteiger partial charge in [-0.05, 0) is 30.2 Å². The van der Waals surface area contributed by atoms with Gasteiger partial charge >= 0.3 is 0 Å². The van der Waals surface area contributed by atoms with Gasteiger partial charge in [-0.1, -0.05) is 47.5 Å². The van der Waals surface area contributed by atoms with Crippen molar-refractivity contribution >= 4 is 40.0 Å². The van der Waals surface area contributed by atoms with Crippen LogP contribution in [-0.2, 0) is 11.3 Å². The average molecular weight is 516 g/mol. The summed E-state index contributed by atoms with van der Waals surface area (Å²) >= 11 is 12.4. The lowest BCUT2D eigenvalue weighted by Gasteiger charge is -2.26. The second-order valence-corrected chi connectivity index (χ2v) is 9.25. The fourth-order valence-corrected chi connectivity index (χ4v) is 4.95. The second kappa shape index (κ2) is 10.0. The van der Waals surface area contributed by atoms with Gasteiger partial charge in [-0.3, -0.25) is 4.90 Å². The Morgan fingerprint density at radius 2 is 1.89 bits per heavy atom. The monoisotopic (exact) mass is 515 g/mol. The van der Waals surface area contributed by atoms with E-state index in [9.17, 15) is 4.39 Å². The highest BCUT2D eigenvalue weighted by Crippen LogP contribution is 2.41. The van der Waals surface area contributed by atoms with Crippen molar-refractivity contribution in [3.63, 3.8) is 0 Å². The van der Waals surface area contributed by atoms with E-state index in [1.165, 1.54) is 17.7 Å². The quantitative estimate of drug-likeness (QED) is 0.295. The zero-order valence-electron chi connectivity index (χ0n) is 19.1. The number of benzene rings is 2. The van der Waals surface area contributed by atoms with E-state index in [-0.39, 0.29) is 16.6 Å². The maximum Gasteiger partial charge on any atom is 0.205 e. The molecule has 0 saturated carbocycles. The number of hydrogen-bond donors (Lipinski definition) is 1. The Balaban J connectivity index is 1.43. The van der Waals surface area contributed by atoms with E-state index in [4.69, 9.17) is 42.8 Å². The molecule has 3 heterocycles. The predicted octanol–water partition coefficient (Wildman–Crippen LogP) is 6.50. The summed E-state index contributed by atoms with van der Waals surface area (Å²) in [5, 5.41) is 0.944. The van der Waals surface area contributed by atoms with Crippen molar-refractivity contribution in [1.29, 1.82) is 0 Å². The van der Waals surface area contributed by atoms with Gasteiger partial charge in [0.25, 0.3) is 0 Å². The molecule has 1 atom stereocenters. The molecule has 1 saturated heterocycles. The van der Waals surface area contributed by atoms with Crippen molar-refractivity contribution in [1.82, 2.24) is 9.88 Å². The van der Waals surface area contributed by atoms with Crippen molar-refractivity contribution in [2.45, 2.75) is 19.6 Å². The zero-order valence-corrected chi connectivity index (χ0v) is 20.6. The lowest BCUT2D eigenvalue weighted by Crippen LogP contribution is -2.35. The molecule has 1 aliphatic rings. The van der Waals surface area contributed by atoms with Gasteiger partial charge in [0.15, 0.2) is 11.4 Å². The van der Waals surface area contributed by atoms with Crippen LogP contribution in [0.15, 0.2) is 53.3 Å². The smallest absolute Gasteiger partial charge is 0.205 e. The van der Waals surface area contributed by atoms with E-state index in [2.05, 4.69) is 34.1 Å². The summed E-state index contributed by atoms with van der Waals surface area (Å²) in [5.74, 6) is -0.181. The normalized spacial score (nSPS) is 15.4. The molecule has 0 aliphatic carbocycles. The summed E-state index contributed by atoms with van der Waals surface area (Å²) in [6.45, 7) is 6.02. The van der Waals surface area contributed by atoms with Crippen LogP contribution in [0.4, 0.5) is 10.2 Å². The average Bonchev–Trinajstić information content (AvgIpc) is 3.29. The molecule has 4 aromatic rings. The highest BCUT2D eigenvalue weighted by molar-refractivity contribution is 6.36. The van der Waals surface area contributed by atoms with Gasteiger partial charge in [0, 0.05) is 42.0 Å². The maximum atomic E-state index is 14.0. The summed E-state index contributed by atoms with van der Waals surface area (Å²) in [4.78, 5) is 6.68. The first-order valence-corrected chi connectivity index (χ1v) is 12.0. The highest BCUT2D eigenvalue weighted by Gasteiger charge is 2.23. The van der Waals surface area contributed by atoms with E-state index in [0.717, 1.165) is 49.4 Å². The minimum atomic E-state index is -0.701.